The van der Waals surface area contributed by atoms with Crippen molar-refractivity contribution >= 4 is 76.5 Å². The van der Waals surface area contributed by atoms with Crippen LogP contribution in [0.15, 0.2) is 205 Å². The number of aromatic nitrogens is 9. The van der Waals surface area contributed by atoms with Gasteiger partial charge in [0.15, 0.2) is 23.3 Å². The maximum absolute atomic E-state index is 5.99. The largest absolute Gasteiger partial charge is 0.278 e. The Morgan fingerprint density at radius 3 is 1.45 bits per heavy atom. The zero-order chi connectivity index (χ0) is 46.1. The number of rotatable bonds is 5. The highest BCUT2D eigenvalue weighted by Gasteiger charge is 2.20. The van der Waals surface area contributed by atoms with Crippen molar-refractivity contribution in [2.75, 3.05) is 0 Å². The van der Waals surface area contributed by atoms with E-state index in [9.17, 15) is 0 Å². The van der Waals surface area contributed by atoms with Gasteiger partial charge in [-0.05, 0) is 70.6 Å². The number of fused-ring (bicyclic) bond motifs is 8. The number of hydrogen-bond donors (Lipinski definition) is 0. The Labute approximate surface area is 409 Å². The summed E-state index contributed by atoms with van der Waals surface area (Å²) in [6.45, 7) is 0. The van der Waals surface area contributed by atoms with Crippen LogP contribution in [0.25, 0.3) is 105 Å². The molecule has 5 aromatic heterocycles. The van der Waals surface area contributed by atoms with Crippen molar-refractivity contribution in [3.05, 3.63) is 222 Å². The third-order valence-electron chi connectivity index (χ3n) is 11.9. The van der Waals surface area contributed by atoms with Crippen LogP contribution >= 0.6 is 34.3 Å². The van der Waals surface area contributed by atoms with E-state index in [4.69, 9.17) is 26.6 Å². The van der Waals surface area contributed by atoms with Gasteiger partial charge in [0.2, 0.25) is 11.2 Å². The second kappa shape index (κ2) is 18.4. The summed E-state index contributed by atoms with van der Waals surface area (Å²) in [5.41, 5.74) is 17.4. The Balaban J connectivity index is 0.000000118. The van der Waals surface area contributed by atoms with E-state index in [1.54, 1.807) is 22.7 Å². The first-order valence-electron chi connectivity index (χ1n) is 22.2. The predicted molar refractivity (Wildman–Crippen MR) is 282 cm³/mol. The van der Waals surface area contributed by atoms with Crippen LogP contribution in [0.1, 0.15) is 11.1 Å². The molecular weight excluding hydrogens is 910 g/mol. The number of hydrogen-bond acceptors (Lipinski definition) is 10. The van der Waals surface area contributed by atoms with Gasteiger partial charge in [0.25, 0.3) is 0 Å². The second-order valence-corrected chi connectivity index (χ2v) is 18.3. The third kappa shape index (κ3) is 8.40. The van der Waals surface area contributed by atoms with Crippen molar-refractivity contribution in [2.24, 2.45) is 0 Å². The molecule has 0 aliphatic heterocycles. The van der Waals surface area contributed by atoms with Gasteiger partial charge in [0.1, 0.15) is 0 Å². The van der Waals surface area contributed by atoms with Crippen molar-refractivity contribution in [2.45, 2.75) is 6.42 Å². The third-order valence-corrected chi connectivity index (χ3v) is 13.7. The van der Waals surface area contributed by atoms with Crippen LogP contribution in [-0.4, -0.2) is 44.4 Å². The molecule has 12 heteroatoms. The molecule has 13 aromatic rings. The van der Waals surface area contributed by atoms with Crippen LogP contribution in [0.4, 0.5) is 0 Å². The summed E-state index contributed by atoms with van der Waals surface area (Å²) in [6, 6.07) is 65.5. The molecule has 328 valence electrons. The fourth-order valence-corrected chi connectivity index (χ4v) is 10.3. The van der Waals surface area contributed by atoms with Gasteiger partial charge in [0.05, 0.1) is 42.5 Å². The molecule has 0 N–H and O–H groups in total. The maximum Gasteiger partial charge on any atom is 0.238 e. The maximum atomic E-state index is 5.99. The summed E-state index contributed by atoms with van der Waals surface area (Å²) in [7, 11) is 0. The highest BCUT2D eigenvalue weighted by atomic mass is 35.5. The van der Waals surface area contributed by atoms with Crippen LogP contribution < -0.4 is 0 Å². The standard InChI is InChI=1S/C28H17N5S.C15H10ClN3.C14H9NS/c1-3-9-18(10-4-1)26-30-27(19-11-5-2-6-12-19)32-28(31-26)33-23-14-8-7-13-20(23)21-15-25-22(16-24(21)33)29-17-34-25;16-15-18-13(11-7-3-1-4-8-11)17-14(19-15)12-9-5-2-6-10-12;1-2-4-11-9(3-1)5-10-6-13-14(7-12(10)11)16-8-15-13/h1-17H;1-10H;1-4,6-8H,5H2. The van der Waals surface area contributed by atoms with Crippen LogP contribution in [-0.2, 0) is 6.42 Å². The first kappa shape index (κ1) is 42.0. The molecule has 0 saturated carbocycles. The van der Waals surface area contributed by atoms with E-state index in [-0.39, 0.29) is 5.28 Å². The van der Waals surface area contributed by atoms with E-state index < -0.39 is 0 Å². The molecular formula is C57H36ClN9S2. The van der Waals surface area contributed by atoms with E-state index in [1.807, 2.05) is 132 Å². The van der Waals surface area contributed by atoms with Crippen LogP contribution in [0.5, 0.6) is 0 Å². The lowest BCUT2D eigenvalue weighted by molar-refractivity contribution is 0.954. The Hall–Kier alpha value is -8.35. The number of nitrogens with zero attached hydrogens (tertiary/aromatic N) is 9. The zero-order valence-corrected chi connectivity index (χ0v) is 38.9. The molecule has 9 nitrogen and oxygen atoms in total. The molecule has 0 bridgehead atoms. The lowest BCUT2D eigenvalue weighted by atomic mass is 10.1. The van der Waals surface area contributed by atoms with Crippen LogP contribution in [0.2, 0.25) is 5.28 Å². The normalized spacial score (nSPS) is 11.5. The summed E-state index contributed by atoms with van der Waals surface area (Å²) in [4.78, 5) is 36.5. The van der Waals surface area contributed by atoms with E-state index >= 15 is 0 Å². The van der Waals surface area contributed by atoms with Crippen molar-refractivity contribution < 1.29 is 0 Å². The van der Waals surface area contributed by atoms with Gasteiger partial charge in [-0.15, -0.1) is 22.7 Å². The van der Waals surface area contributed by atoms with Crippen LogP contribution in [0, 0.1) is 0 Å². The highest BCUT2D eigenvalue weighted by Crippen LogP contribution is 2.40. The zero-order valence-electron chi connectivity index (χ0n) is 36.6. The predicted octanol–water partition coefficient (Wildman–Crippen LogP) is 14.6. The monoisotopic (exact) mass is 945 g/mol. The first-order chi connectivity index (χ1) is 34.1. The van der Waals surface area contributed by atoms with Gasteiger partial charge in [-0.25, -0.2) is 19.9 Å². The molecule has 14 rings (SSSR count). The molecule has 0 saturated heterocycles. The van der Waals surface area contributed by atoms with E-state index in [1.165, 1.54) is 31.7 Å². The summed E-state index contributed by atoms with van der Waals surface area (Å²) in [5.74, 6) is 3.04. The molecule has 5 heterocycles. The lowest BCUT2D eigenvalue weighted by Gasteiger charge is -2.10. The van der Waals surface area contributed by atoms with Gasteiger partial charge in [0, 0.05) is 33.0 Å². The lowest BCUT2D eigenvalue weighted by Crippen LogP contribution is -2.06. The highest BCUT2D eigenvalue weighted by molar-refractivity contribution is 7.17. The van der Waals surface area contributed by atoms with Crippen molar-refractivity contribution in [3.8, 4) is 62.6 Å². The Morgan fingerprint density at radius 2 is 0.870 bits per heavy atom. The van der Waals surface area contributed by atoms with Crippen molar-refractivity contribution in [3.63, 3.8) is 0 Å². The fraction of sp³-hybridized carbons (Fsp3) is 0.0175. The van der Waals surface area contributed by atoms with Crippen molar-refractivity contribution in [1.82, 2.24) is 44.4 Å². The molecule has 0 amide bonds. The van der Waals surface area contributed by atoms with Crippen molar-refractivity contribution in [1.29, 1.82) is 0 Å². The van der Waals surface area contributed by atoms with Crippen LogP contribution in [0.3, 0.4) is 0 Å². The average Bonchev–Trinajstić information content (AvgIpc) is 4.23. The minimum Gasteiger partial charge on any atom is -0.278 e. The summed E-state index contributed by atoms with van der Waals surface area (Å²) in [6.07, 6.45) is 1.05. The minimum atomic E-state index is 0.202. The van der Waals surface area contributed by atoms with E-state index in [2.05, 4.69) is 102 Å². The second-order valence-electron chi connectivity index (χ2n) is 16.2. The molecule has 8 aromatic carbocycles. The fourth-order valence-electron chi connectivity index (χ4n) is 8.70. The number of thiazole rings is 2. The molecule has 0 fully saturated rings. The Kier molecular flexibility index (Phi) is 11.2. The average molecular weight is 947 g/mol. The molecule has 0 unspecified atom stereocenters. The molecule has 0 radical (unpaired) electrons. The SMILES string of the molecule is Clc1nc(-c2ccccc2)nc(-c2ccccc2)n1.c1ccc(-c2nc(-c3ccccc3)nc(-n3c4ccccc4c4cc5scnc5cc43)n2)cc1.c1ccc2c(c1)Cc1cc3ncsc3cc1-2. The number of halogens is 1. The Morgan fingerprint density at radius 1 is 0.391 bits per heavy atom. The summed E-state index contributed by atoms with van der Waals surface area (Å²) >= 11 is 9.36. The Bertz CT molecular complexity index is 3840. The number of para-hydroxylation sites is 1. The molecule has 0 atom stereocenters. The minimum absolute atomic E-state index is 0.202. The van der Waals surface area contributed by atoms with E-state index in [0.717, 1.165) is 61.5 Å². The summed E-state index contributed by atoms with van der Waals surface area (Å²) < 4.78 is 4.58. The number of benzene rings is 8. The molecule has 1 aliphatic carbocycles. The van der Waals surface area contributed by atoms with E-state index in [0.29, 0.717) is 29.2 Å². The van der Waals surface area contributed by atoms with Gasteiger partial charge in [-0.1, -0.05) is 164 Å². The van der Waals surface area contributed by atoms with Gasteiger partial charge >= 0.3 is 0 Å². The topological polar surface area (TPSA) is 108 Å². The summed E-state index contributed by atoms with van der Waals surface area (Å²) in [5, 5.41) is 2.53. The smallest absolute Gasteiger partial charge is 0.238 e. The molecule has 69 heavy (non-hydrogen) atoms. The quantitative estimate of drug-likeness (QED) is 0.168. The van der Waals surface area contributed by atoms with Gasteiger partial charge < -0.3 is 0 Å². The molecule has 0 spiro atoms. The van der Waals surface area contributed by atoms with Gasteiger partial charge in [-0.3, -0.25) is 4.57 Å². The van der Waals surface area contributed by atoms with Gasteiger partial charge in [-0.2, -0.15) is 19.9 Å². The molecule has 1 aliphatic rings. The first-order valence-corrected chi connectivity index (χ1v) is 24.3.